The second-order valence-corrected chi connectivity index (χ2v) is 6.57. The van der Waals surface area contributed by atoms with Crippen LogP contribution in [0.1, 0.15) is 48.2 Å². The van der Waals surface area contributed by atoms with Gasteiger partial charge in [-0.2, -0.15) is 0 Å². The average Bonchev–Trinajstić information content (AvgIpc) is 2.44. The lowest BCUT2D eigenvalue weighted by Gasteiger charge is -2.43. The van der Waals surface area contributed by atoms with E-state index in [1.807, 2.05) is 6.92 Å². The number of carbonyl (C=O) groups is 1. The summed E-state index contributed by atoms with van der Waals surface area (Å²) in [6.45, 7) is 2.52. The maximum Gasteiger partial charge on any atom is 0.251 e. The molecule has 1 amide bonds. The summed E-state index contributed by atoms with van der Waals surface area (Å²) in [5.41, 5.74) is 1.42. The van der Waals surface area contributed by atoms with Crippen LogP contribution in [0.25, 0.3) is 0 Å². The highest BCUT2D eigenvalue weighted by Gasteiger charge is 2.34. The molecule has 2 rings (SSSR count). The van der Waals surface area contributed by atoms with Crippen molar-refractivity contribution in [2.75, 3.05) is 20.6 Å². The molecule has 1 aliphatic rings. The van der Waals surface area contributed by atoms with Gasteiger partial charge in [0.2, 0.25) is 0 Å². The zero-order chi connectivity index (χ0) is 15.5. The van der Waals surface area contributed by atoms with Gasteiger partial charge in [-0.25, -0.2) is 4.98 Å². The minimum atomic E-state index is -0.0748. The Hall–Kier alpha value is -1.13. The first kappa shape index (κ1) is 16.2. The van der Waals surface area contributed by atoms with Gasteiger partial charge < -0.3 is 10.2 Å². The van der Waals surface area contributed by atoms with Crippen LogP contribution in [-0.2, 0) is 0 Å². The van der Waals surface area contributed by atoms with Gasteiger partial charge in [0.05, 0.1) is 0 Å². The number of hydrogen-bond acceptors (Lipinski definition) is 3. The summed E-state index contributed by atoms with van der Waals surface area (Å²) in [6, 6.07) is 3.39. The Bertz CT molecular complexity index is 490. The molecule has 1 aromatic rings. The molecule has 0 aliphatic heterocycles. The first-order valence-electron chi connectivity index (χ1n) is 7.53. The van der Waals surface area contributed by atoms with Crippen molar-refractivity contribution in [3.63, 3.8) is 0 Å². The Labute approximate surface area is 131 Å². The van der Waals surface area contributed by atoms with Gasteiger partial charge in [-0.3, -0.25) is 4.79 Å². The van der Waals surface area contributed by atoms with Gasteiger partial charge in [0.15, 0.2) is 0 Å². The summed E-state index contributed by atoms with van der Waals surface area (Å²) in [4.78, 5) is 18.7. The Balaban J connectivity index is 2.05. The number of amides is 1. The van der Waals surface area contributed by atoms with E-state index in [0.29, 0.717) is 17.3 Å². The second kappa shape index (κ2) is 6.75. The van der Waals surface area contributed by atoms with Gasteiger partial charge in [-0.15, -0.1) is 0 Å². The molecule has 1 aromatic heterocycles. The zero-order valence-electron chi connectivity index (χ0n) is 13.1. The van der Waals surface area contributed by atoms with Crippen LogP contribution in [0, 0.1) is 6.92 Å². The van der Waals surface area contributed by atoms with Crippen LogP contribution >= 0.6 is 11.6 Å². The molecule has 0 bridgehead atoms. The number of carbonyl (C=O) groups excluding carboxylic acids is 1. The molecule has 1 fully saturated rings. The molecular formula is C16H24ClN3O. The third-order valence-corrected chi connectivity index (χ3v) is 4.69. The number of pyridine rings is 1. The van der Waals surface area contributed by atoms with Crippen molar-refractivity contribution < 1.29 is 4.79 Å². The molecule has 0 saturated heterocycles. The molecule has 0 radical (unpaired) electrons. The fraction of sp³-hybridized carbons (Fsp3) is 0.625. The van der Waals surface area contributed by atoms with E-state index in [-0.39, 0.29) is 11.4 Å². The smallest absolute Gasteiger partial charge is 0.251 e. The number of nitrogens with one attached hydrogen (secondary N) is 1. The van der Waals surface area contributed by atoms with Crippen LogP contribution in [0.15, 0.2) is 12.1 Å². The van der Waals surface area contributed by atoms with E-state index >= 15 is 0 Å². The van der Waals surface area contributed by atoms with Crippen LogP contribution in [-0.4, -0.2) is 42.0 Å². The fourth-order valence-electron chi connectivity index (χ4n) is 3.10. The molecule has 0 atom stereocenters. The SMILES string of the molecule is Cc1cc(C(=O)NCC2(N(C)C)CCCCC2)cc(Cl)n1. The van der Waals surface area contributed by atoms with Crippen molar-refractivity contribution in [1.29, 1.82) is 0 Å². The molecule has 1 aliphatic carbocycles. The quantitative estimate of drug-likeness (QED) is 0.870. The fourth-order valence-corrected chi connectivity index (χ4v) is 3.35. The van der Waals surface area contributed by atoms with Gasteiger partial charge in [0.25, 0.3) is 5.91 Å². The standard InChI is InChI=1S/C16H24ClN3O/c1-12-9-13(10-14(17)19-12)15(21)18-11-16(20(2)3)7-5-4-6-8-16/h9-10H,4-8,11H2,1-3H3,(H,18,21). The van der Waals surface area contributed by atoms with Gasteiger partial charge in [0.1, 0.15) is 5.15 Å². The molecule has 5 heteroatoms. The van der Waals surface area contributed by atoms with E-state index in [0.717, 1.165) is 18.5 Å². The number of rotatable bonds is 4. The minimum Gasteiger partial charge on any atom is -0.350 e. The Morgan fingerprint density at radius 3 is 2.57 bits per heavy atom. The first-order chi connectivity index (χ1) is 9.93. The van der Waals surface area contributed by atoms with Gasteiger partial charge >= 0.3 is 0 Å². The predicted molar refractivity (Wildman–Crippen MR) is 85.8 cm³/mol. The summed E-state index contributed by atoms with van der Waals surface area (Å²) >= 11 is 5.92. The number of aromatic nitrogens is 1. The Morgan fingerprint density at radius 2 is 2.00 bits per heavy atom. The number of nitrogens with zero attached hydrogens (tertiary/aromatic N) is 2. The molecular weight excluding hydrogens is 286 g/mol. The van der Waals surface area contributed by atoms with Crippen molar-refractivity contribution in [3.8, 4) is 0 Å². The third-order valence-electron chi connectivity index (χ3n) is 4.50. The molecule has 1 saturated carbocycles. The lowest BCUT2D eigenvalue weighted by Crippen LogP contribution is -2.53. The number of likely N-dealkylation sites (N-methyl/N-ethyl adjacent to an activating group) is 1. The predicted octanol–water partition coefficient (Wildman–Crippen LogP) is 3.04. The summed E-state index contributed by atoms with van der Waals surface area (Å²) in [5, 5.41) is 3.44. The van der Waals surface area contributed by atoms with Crippen molar-refractivity contribution in [3.05, 3.63) is 28.5 Å². The monoisotopic (exact) mass is 309 g/mol. The van der Waals surface area contributed by atoms with E-state index in [9.17, 15) is 4.79 Å². The van der Waals surface area contributed by atoms with Crippen LogP contribution in [0.5, 0.6) is 0 Å². The molecule has 1 heterocycles. The average molecular weight is 310 g/mol. The second-order valence-electron chi connectivity index (χ2n) is 6.18. The largest absolute Gasteiger partial charge is 0.350 e. The molecule has 0 aromatic carbocycles. The molecule has 4 nitrogen and oxygen atoms in total. The van der Waals surface area contributed by atoms with E-state index in [4.69, 9.17) is 11.6 Å². The Kier molecular flexibility index (Phi) is 5.22. The molecule has 116 valence electrons. The summed E-state index contributed by atoms with van der Waals surface area (Å²) in [7, 11) is 4.20. The van der Waals surface area contributed by atoms with Crippen molar-refractivity contribution in [2.24, 2.45) is 0 Å². The zero-order valence-corrected chi connectivity index (χ0v) is 13.8. The number of halogens is 1. The lowest BCUT2D eigenvalue weighted by molar-refractivity contribution is 0.0799. The highest BCUT2D eigenvalue weighted by Crippen LogP contribution is 2.31. The van der Waals surface area contributed by atoms with Crippen LogP contribution in [0.2, 0.25) is 5.15 Å². The van der Waals surface area contributed by atoms with Crippen molar-refractivity contribution in [2.45, 2.75) is 44.6 Å². The van der Waals surface area contributed by atoms with E-state index in [1.54, 1.807) is 12.1 Å². The van der Waals surface area contributed by atoms with Crippen molar-refractivity contribution in [1.82, 2.24) is 15.2 Å². The molecule has 1 N–H and O–H groups in total. The van der Waals surface area contributed by atoms with Crippen LogP contribution in [0.4, 0.5) is 0 Å². The minimum absolute atomic E-state index is 0.0748. The van der Waals surface area contributed by atoms with Crippen molar-refractivity contribution >= 4 is 17.5 Å². The van der Waals surface area contributed by atoms with Crippen LogP contribution in [0.3, 0.4) is 0 Å². The van der Waals surface area contributed by atoms with Crippen LogP contribution < -0.4 is 5.32 Å². The first-order valence-corrected chi connectivity index (χ1v) is 7.91. The van der Waals surface area contributed by atoms with E-state index in [1.165, 1.54) is 19.3 Å². The Morgan fingerprint density at radius 1 is 1.33 bits per heavy atom. The number of hydrogen-bond donors (Lipinski definition) is 1. The van der Waals surface area contributed by atoms with E-state index < -0.39 is 0 Å². The van der Waals surface area contributed by atoms with E-state index in [2.05, 4.69) is 29.3 Å². The highest BCUT2D eigenvalue weighted by molar-refractivity contribution is 6.29. The molecule has 0 unspecified atom stereocenters. The summed E-state index contributed by atoms with van der Waals surface area (Å²) in [5.74, 6) is -0.0748. The maximum atomic E-state index is 12.3. The normalized spacial score (nSPS) is 17.8. The summed E-state index contributed by atoms with van der Waals surface area (Å²) < 4.78 is 0. The molecule has 0 spiro atoms. The van der Waals surface area contributed by atoms with Gasteiger partial charge in [-0.05, 0) is 46.0 Å². The highest BCUT2D eigenvalue weighted by atomic mass is 35.5. The third kappa shape index (κ3) is 3.95. The van der Waals surface area contributed by atoms with Gasteiger partial charge in [0, 0.05) is 23.3 Å². The number of aryl methyl sites for hydroxylation is 1. The lowest BCUT2D eigenvalue weighted by atomic mass is 9.80. The van der Waals surface area contributed by atoms with Gasteiger partial charge in [-0.1, -0.05) is 30.9 Å². The summed E-state index contributed by atoms with van der Waals surface area (Å²) in [6.07, 6.45) is 6.03. The molecule has 21 heavy (non-hydrogen) atoms. The maximum absolute atomic E-state index is 12.3. The topological polar surface area (TPSA) is 45.2 Å².